The van der Waals surface area contributed by atoms with Crippen molar-refractivity contribution in [3.05, 3.63) is 29.8 Å². The van der Waals surface area contributed by atoms with Gasteiger partial charge in [0.25, 0.3) is 0 Å². The number of hydrogen-bond acceptors (Lipinski definition) is 2. The molecule has 0 aromatic heterocycles. The van der Waals surface area contributed by atoms with Crippen molar-refractivity contribution < 1.29 is 18.3 Å². The Morgan fingerprint density at radius 2 is 2.18 bits per heavy atom. The molecule has 0 aliphatic carbocycles. The molecule has 17 heavy (non-hydrogen) atoms. The molecule has 2 amide bonds. The van der Waals surface area contributed by atoms with Crippen LogP contribution in [-0.2, 0) is 4.74 Å². The van der Waals surface area contributed by atoms with Crippen molar-refractivity contribution >= 4 is 11.7 Å². The zero-order chi connectivity index (χ0) is 12.3. The quantitative estimate of drug-likeness (QED) is 0.831. The summed E-state index contributed by atoms with van der Waals surface area (Å²) in [5, 5.41) is 5.09. The fraction of sp³-hybridized carbons (Fsp3) is 0.364. The molecule has 0 bridgehead atoms. The van der Waals surface area contributed by atoms with Crippen molar-refractivity contribution in [2.45, 2.75) is 12.5 Å². The van der Waals surface area contributed by atoms with Gasteiger partial charge >= 0.3 is 6.03 Å². The Bertz CT molecular complexity index is 420. The average Bonchev–Trinajstić information content (AvgIpc) is 2.76. The number of carbonyl (C=O) groups is 1. The highest BCUT2D eigenvalue weighted by atomic mass is 19.2. The van der Waals surface area contributed by atoms with Gasteiger partial charge in [-0.1, -0.05) is 0 Å². The summed E-state index contributed by atoms with van der Waals surface area (Å²) in [7, 11) is 0. The van der Waals surface area contributed by atoms with Crippen LogP contribution in [0.4, 0.5) is 19.3 Å². The second-order valence-electron chi connectivity index (χ2n) is 3.79. The van der Waals surface area contributed by atoms with E-state index in [0.29, 0.717) is 13.2 Å². The van der Waals surface area contributed by atoms with E-state index in [1.165, 1.54) is 6.07 Å². The van der Waals surface area contributed by atoms with Crippen LogP contribution in [0.1, 0.15) is 6.42 Å². The zero-order valence-electron chi connectivity index (χ0n) is 9.00. The molecule has 1 aromatic rings. The summed E-state index contributed by atoms with van der Waals surface area (Å²) in [4.78, 5) is 11.5. The van der Waals surface area contributed by atoms with Gasteiger partial charge in [-0.05, 0) is 18.6 Å². The molecule has 1 unspecified atom stereocenters. The maximum Gasteiger partial charge on any atom is 0.319 e. The number of rotatable bonds is 2. The number of urea groups is 1. The lowest BCUT2D eigenvalue weighted by Crippen LogP contribution is -2.38. The Labute approximate surface area is 97.0 Å². The monoisotopic (exact) mass is 242 g/mol. The van der Waals surface area contributed by atoms with Crippen molar-refractivity contribution in [2.75, 3.05) is 18.5 Å². The third-order valence-electron chi connectivity index (χ3n) is 2.44. The van der Waals surface area contributed by atoms with Crippen LogP contribution in [0, 0.1) is 11.6 Å². The molecule has 4 nitrogen and oxygen atoms in total. The van der Waals surface area contributed by atoms with Gasteiger partial charge in [0.05, 0.1) is 12.6 Å². The van der Waals surface area contributed by atoms with E-state index in [9.17, 15) is 13.6 Å². The Morgan fingerprint density at radius 3 is 2.82 bits per heavy atom. The first-order valence-electron chi connectivity index (χ1n) is 5.25. The Balaban J connectivity index is 1.90. The summed E-state index contributed by atoms with van der Waals surface area (Å²) in [6.07, 6.45) is 0.755. The van der Waals surface area contributed by atoms with Gasteiger partial charge in [0.15, 0.2) is 11.6 Å². The number of benzene rings is 1. The standard InChI is InChI=1S/C11H12F2N2O2/c12-9-2-1-7(5-10(9)13)14-11(16)15-8-3-4-17-6-8/h1-2,5,8H,3-4,6H2,(H2,14,15,16). The fourth-order valence-corrected chi connectivity index (χ4v) is 1.57. The van der Waals surface area contributed by atoms with E-state index in [1.54, 1.807) is 0 Å². The maximum atomic E-state index is 12.9. The molecule has 6 heteroatoms. The first-order valence-corrected chi connectivity index (χ1v) is 5.25. The minimum absolute atomic E-state index is 0.0275. The number of hydrogen-bond donors (Lipinski definition) is 2. The van der Waals surface area contributed by atoms with E-state index in [-0.39, 0.29) is 11.7 Å². The van der Waals surface area contributed by atoms with Crippen LogP contribution in [-0.4, -0.2) is 25.3 Å². The molecule has 1 aliphatic heterocycles. The van der Waals surface area contributed by atoms with Gasteiger partial charge in [0.2, 0.25) is 0 Å². The predicted octanol–water partition coefficient (Wildman–Crippen LogP) is 1.88. The molecule has 2 rings (SSSR count). The lowest BCUT2D eigenvalue weighted by atomic mass is 10.2. The number of halogens is 2. The van der Waals surface area contributed by atoms with Gasteiger partial charge in [-0.15, -0.1) is 0 Å². The van der Waals surface area contributed by atoms with Crippen LogP contribution >= 0.6 is 0 Å². The van der Waals surface area contributed by atoms with E-state index in [2.05, 4.69) is 10.6 Å². The fourth-order valence-electron chi connectivity index (χ4n) is 1.57. The summed E-state index contributed by atoms with van der Waals surface area (Å²) in [5.74, 6) is -1.94. The molecule has 2 N–H and O–H groups in total. The van der Waals surface area contributed by atoms with Crippen molar-refractivity contribution in [1.29, 1.82) is 0 Å². The van der Waals surface area contributed by atoms with Crippen molar-refractivity contribution in [2.24, 2.45) is 0 Å². The number of ether oxygens (including phenoxy) is 1. The van der Waals surface area contributed by atoms with E-state index < -0.39 is 17.7 Å². The normalized spacial score (nSPS) is 19.1. The predicted molar refractivity (Wildman–Crippen MR) is 57.7 cm³/mol. The smallest absolute Gasteiger partial charge is 0.319 e. The Hall–Kier alpha value is -1.69. The molecule has 0 radical (unpaired) electrons. The van der Waals surface area contributed by atoms with E-state index in [4.69, 9.17) is 4.74 Å². The molecule has 1 aliphatic rings. The molecular formula is C11H12F2N2O2. The highest BCUT2D eigenvalue weighted by molar-refractivity contribution is 5.89. The molecule has 1 atom stereocenters. The maximum absolute atomic E-state index is 12.9. The minimum Gasteiger partial charge on any atom is -0.379 e. The molecular weight excluding hydrogens is 230 g/mol. The van der Waals surface area contributed by atoms with E-state index in [0.717, 1.165) is 18.6 Å². The molecule has 0 saturated carbocycles. The number of amides is 2. The van der Waals surface area contributed by atoms with Gasteiger partial charge in [0.1, 0.15) is 0 Å². The van der Waals surface area contributed by atoms with Crippen molar-refractivity contribution in [3.63, 3.8) is 0 Å². The largest absolute Gasteiger partial charge is 0.379 e. The number of nitrogens with one attached hydrogen (secondary N) is 2. The number of carbonyl (C=O) groups excluding carboxylic acids is 1. The Morgan fingerprint density at radius 1 is 1.35 bits per heavy atom. The SMILES string of the molecule is O=C(Nc1ccc(F)c(F)c1)NC1CCOC1. The van der Waals surface area contributed by atoms with Gasteiger partial charge < -0.3 is 15.4 Å². The van der Waals surface area contributed by atoms with Gasteiger partial charge in [0, 0.05) is 18.4 Å². The summed E-state index contributed by atoms with van der Waals surface area (Å²) >= 11 is 0. The second kappa shape index (κ2) is 5.09. The lowest BCUT2D eigenvalue weighted by Gasteiger charge is -2.11. The van der Waals surface area contributed by atoms with E-state index in [1.807, 2.05) is 0 Å². The highest BCUT2D eigenvalue weighted by Crippen LogP contribution is 2.13. The summed E-state index contributed by atoms with van der Waals surface area (Å²) in [5.41, 5.74) is 0.209. The van der Waals surface area contributed by atoms with Gasteiger partial charge in [-0.25, -0.2) is 13.6 Å². The molecule has 1 aromatic carbocycles. The van der Waals surface area contributed by atoms with Crippen LogP contribution in [0.25, 0.3) is 0 Å². The molecule has 1 saturated heterocycles. The Kier molecular flexibility index (Phi) is 3.53. The highest BCUT2D eigenvalue weighted by Gasteiger charge is 2.17. The first-order chi connectivity index (χ1) is 8.15. The zero-order valence-corrected chi connectivity index (χ0v) is 9.00. The number of anilines is 1. The minimum atomic E-state index is -0.994. The van der Waals surface area contributed by atoms with E-state index >= 15 is 0 Å². The average molecular weight is 242 g/mol. The molecule has 92 valence electrons. The van der Waals surface area contributed by atoms with Gasteiger partial charge in [-0.3, -0.25) is 0 Å². The summed E-state index contributed by atoms with van der Waals surface area (Å²) in [6.45, 7) is 1.10. The molecule has 0 spiro atoms. The summed E-state index contributed by atoms with van der Waals surface area (Å²) < 4.78 is 30.6. The topological polar surface area (TPSA) is 50.4 Å². The van der Waals surface area contributed by atoms with Crippen LogP contribution in [0.15, 0.2) is 18.2 Å². The third kappa shape index (κ3) is 3.13. The lowest BCUT2D eigenvalue weighted by molar-refractivity contribution is 0.189. The molecule has 1 heterocycles. The van der Waals surface area contributed by atoms with Crippen LogP contribution in [0.2, 0.25) is 0 Å². The van der Waals surface area contributed by atoms with Crippen LogP contribution < -0.4 is 10.6 Å². The second-order valence-corrected chi connectivity index (χ2v) is 3.79. The first kappa shape index (κ1) is 11.8. The van der Waals surface area contributed by atoms with Crippen molar-refractivity contribution in [1.82, 2.24) is 5.32 Å². The third-order valence-corrected chi connectivity index (χ3v) is 2.44. The summed E-state index contributed by atoms with van der Waals surface area (Å²) in [6, 6.07) is 2.71. The molecule has 1 fully saturated rings. The van der Waals surface area contributed by atoms with Gasteiger partial charge in [-0.2, -0.15) is 0 Å². The van der Waals surface area contributed by atoms with Crippen LogP contribution in [0.3, 0.4) is 0 Å². The van der Waals surface area contributed by atoms with Crippen molar-refractivity contribution in [3.8, 4) is 0 Å². The van der Waals surface area contributed by atoms with Crippen LogP contribution in [0.5, 0.6) is 0 Å².